The molecule has 0 bridgehead atoms. The lowest BCUT2D eigenvalue weighted by Crippen LogP contribution is -2.40. The predicted octanol–water partition coefficient (Wildman–Crippen LogP) is 2.39. The van der Waals surface area contributed by atoms with Gasteiger partial charge in [-0.1, -0.05) is 20.3 Å². The lowest BCUT2D eigenvalue weighted by molar-refractivity contribution is -0.135. The Morgan fingerprint density at radius 1 is 1.44 bits per heavy atom. The van der Waals surface area contributed by atoms with Crippen molar-refractivity contribution in [2.75, 3.05) is 7.05 Å². The average molecular weight is 225 g/mol. The van der Waals surface area contributed by atoms with Crippen molar-refractivity contribution < 1.29 is 9.59 Å². The fraction of sp³-hybridized carbons (Fsp3) is 0.846. The number of Topliss-reactive ketones (excluding diaryl/α,β-unsaturated/α-hetero) is 1. The number of carbonyl (C=O) groups is 2. The number of amides is 1. The summed E-state index contributed by atoms with van der Waals surface area (Å²) in [6.07, 6.45) is 4.67. The molecule has 1 fully saturated rings. The number of ketones is 1. The summed E-state index contributed by atoms with van der Waals surface area (Å²) in [5.41, 5.74) is 0. The molecule has 1 aliphatic rings. The van der Waals surface area contributed by atoms with Crippen molar-refractivity contribution in [3.63, 3.8) is 0 Å². The van der Waals surface area contributed by atoms with Crippen LogP contribution < -0.4 is 0 Å². The minimum absolute atomic E-state index is 0.230. The van der Waals surface area contributed by atoms with Crippen LogP contribution in [0.1, 0.15) is 52.4 Å². The Kier molecular flexibility index (Phi) is 4.97. The van der Waals surface area contributed by atoms with Crippen molar-refractivity contribution >= 4 is 11.7 Å². The van der Waals surface area contributed by atoms with Crippen LogP contribution in [-0.2, 0) is 9.59 Å². The van der Waals surface area contributed by atoms with E-state index in [2.05, 4.69) is 13.8 Å². The minimum atomic E-state index is 0.230. The maximum Gasteiger partial charge on any atom is 0.222 e. The van der Waals surface area contributed by atoms with Gasteiger partial charge in [-0.15, -0.1) is 0 Å². The summed E-state index contributed by atoms with van der Waals surface area (Å²) >= 11 is 0. The quantitative estimate of drug-likeness (QED) is 0.736. The van der Waals surface area contributed by atoms with E-state index in [1.807, 2.05) is 11.9 Å². The summed E-state index contributed by atoms with van der Waals surface area (Å²) in [5.74, 6) is 1.04. The Labute approximate surface area is 98.2 Å². The van der Waals surface area contributed by atoms with Crippen molar-refractivity contribution in [2.24, 2.45) is 5.92 Å². The van der Waals surface area contributed by atoms with E-state index in [9.17, 15) is 9.59 Å². The maximum absolute atomic E-state index is 11.9. The normalized spacial score (nSPS) is 19.6. The van der Waals surface area contributed by atoms with Gasteiger partial charge >= 0.3 is 0 Å². The summed E-state index contributed by atoms with van der Waals surface area (Å²) in [6.45, 7) is 4.22. The fourth-order valence-electron chi connectivity index (χ4n) is 2.10. The van der Waals surface area contributed by atoms with Crippen LogP contribution in [0.25, 0.3) is 0 Å². The Morgan fingerprint density at radius 3 is 2.50 bits per heavy atom. The zero-order valence-corrected chi connectivity index (χ0v) is 10.7. The third-order valence-corrected chi connectivity index (χ3v) is 3.67. The Morgan fingerprint density at radius 2 is 2.00 bits per heavy atom. The molecule has 1 rings (SSSR count). The van der Waals surface area contributed by atoms with Crippen molar-refractivity contribution in [3.05, 3.63) is 0 Å². The molecule has 1 aliphatic carbocycles. The highest BCUT2D eigenvalue weighted by Gasteiger charge is 2.25. The highest BCUT2D eigenvalue weighted by atomic mass is 16.2. The molecule has 0 heterocycles. The van der Waals surface area contributed by atoms with Gasteiger partial charge in [-0.25, -0.2) is 0 Å². The topological polar surface area (TPSA) is 37.4 Å². The molecule has 1 amide bonds. The van der Waals surface area contributed by atoms with Gasteiger partial charge in [0, 0.05) is 32.4 Å². The van der Waals surface area contributed by atoms with Gasteiger partial charge in [-0.2, -0.15) is 0 Å². The monoisotopic (exact) mass is 225 g/mol. The molecule has 3 nitrogen and oxygen atoms in total. The average Bonchev–Trinajstić information content (AvgIpc) is 2.28. The van der Waals surface area contributed by atoms with Gasteiger partial charge in [0.1, 0.15) is 5.78 Å². The highest BCUT2D eigenvalue weighted by Crippen LogP contribution is 2.21. The Bertz CT molecular complexity index is 253. The van der Waals surface area contributed by atoms with Crippen LogP contribution in [0.2, 0.25) is 0 Å². The van der Waals surface area contributed by atoms with E-state index in [-0.39, 0.29) is 11.9 Å². The first-order valence-electron chi connectivity index (χ1n) is 6.32. The predicted molar refractivity (Wildman–Crippen MR) is 64.1 cm³/mol. The van der Waals surface area contributed by atoms with E-state index in [1.165, 1.54) is 0 Å². The zero-order chi connectivity index (χ0) is 12.1. The number of hydrogen-bond acceptors (Lipinski definition) is 2. The smallest absolute Gasteiger partial charge is 0.222 e. The molecule has 92 valence electrons. The SMILES string of the molecule is CCC(C)CC(=O)N(C)C1CCC(=O)CC1. The van der Waals surface area contributed by atoms with Crippen LogP contribution in [0.4, 0.5) is 0 Å². The second-order valence-corrected chi connectivity index (χ2v) is 4.99. The summed E-state index contributed by atoms with van der Waals surface area (Å²) in [7, 11) is 1.88. The summed E-state index contributed by atoms with van der Waals surface area (Å²) < 4.78 is 0. The second kappa shape index (κ2) is 6.02. The molecule has 0 spiro atoms. The van der Waals surface area contributed by atoms with E-state index in [4.69, 9.17) is 0 Å². The lowest BCUT2D eigenvalue weighted by Gasteiger charge is -2.31. The molecule has 0 aromatic rings. The first-order chi connectivity index (χ1) is 7.54. The molecule has 0 aromatic carbocycles. The number of hydrogen-bond donors (Lipinski definition) is 0. The van der Waals surface area contributed by atoms with Gasteiger partial charge in [0.2, 0.25) is 5.91 Å². The number of nitrogens with zero attached hydrogens (tertiary/aromatic N) is 1. The van der Waals surface area contributed by atoms with Crippen LogP contribution in [0.5, 0.6) is 0 Å². The molecule has 0 radical (unpaired) electrons. The van der Waals surface area contributed by atoms with E-state index in [0.29, 0.717) is 31.0 Å². The van der Waals surface area contributed by atoms with Crippen molar-refractivity contribution in [3.8, 4) is 0 Å². The van der Waals surface area contributed by atoms with Gasteiger partial charge in [-0.3, -0.25) is 9.59 Å². The van der Waals surface area contributed by atoms with Gasteiger partial charge in [0.25, 0.3) is 0 Å². The van der Waals surface area contributed by atoms with Gasteiger partial charge in [0.15, 0.2) is 0 Å². The third-order valence-electron chi connectivity index (χ3n) is 3.67. The molecular formula is C13H23NO2. The Hall–Kier alpha value is -0.860. The standard InChI is InChI=1S/C13H23NO2/c1-4-10(2)9-13(16)14(3)11-5-7-12(15)8-6-11/h10-11H,4-9H2,1-3H3. The van der Waals surface area contributed by atoms with E-state index in [1.54, 1.807) is 0 Å². The van der Waals surface area contributed by atoms with Crippen LogP contribution in [0.3, 0.4) is 0 Å². The van der Waals surface area contributed by atoms with Gasteiger partial charge < -0.3 is 4.90 Å². The van der Waals surface area contributed by atoms with Crippen LogP contribution in [0, 0.1) is 5.92 Å². The van der Waals surface area contributed by atoms with Crippen LogP contribution in [-0.4, -0.2) is 29.7 Å². The highest BCUT2D eigenvalue weighted by molar-refractivity contribution is 5.80. The molecule has 0 N–H and O–H groups in total. The fourth-order valence-corrected chi connectivity index (χ4v) is 2.10. The van der Waals surface area contributed by atoms with E-state index in [0.717, 1.165) is 19.3 Å². The van der Waals surface area contributed by atoms with Gasteiger partial charge in [0.05, 0.1) is 0 Å². The summed E-state index contributed by atoms with van der Waals surface area (Å²) in [6, 6.07) is 0.286. The van der Waals surface area contributed by atoms with Gasteiger partial charge in [-0.05, 0) is 18.8 Å². The van der Waals surface area contributed by atoms with Crippen molar-refractivity contribution in [1.82, 2.24) is 4.90 Å². The first-order valence-corrected chi connectivity index (χ1v) is 6.32. The molecule has 0 aliphatic heterocycles. The molecule has 1 unspecified atom stereocenters. The van der Waals surface area contributed by atoms with Crippen LogP contribution in [0.15, 0.2) is 0 Å². The van der Waals surface area contributed by atoms with E-state index < -0.39 is 0 Å². The lowest BCUT2D eigenvalue weighted by atomic mass is 9.93. The van der Waals surface area contributed by atoms with Crippen molar-refractivity contribution in [1.29, 1.82) is 0 Å². The summed E-state index contributed by atoms with van der Waals surface area (Å²) in [4.78, 5) is 24.9. The molecule has 0 aromatic heterocycles. The van der Waals surface area contributed by atoms with E-state index >= 15 is 0 Å². The summed E-state index contributed by atoms with van der Waals surface area (Å²) in [5, 5.41) is 0. The largest absolute Gasteiger partial charge is 0.343 e. The maximum atomic E-state index is 11.9. The Balaban J connectivity index is 2.41. The molecule has 16 heavy (non-hydrogen) atoms. The molecule has 1 saturated carbocycles. The zero-order valence-electron chi connectivity index (χ0n) is 10.7. The molecular weight excluding hydrogens is 202 g/mol. The third kappa shape index (κ3) is 3.62. The van der Waals surface area contributed by atoms with Crippen LogP contribution >= 0.6 is 0 Å². The minimum Gasteiger partial charge on any atom is -0.343 e. The molecule has 1 atom stereocenters. The van der Waals surface area contributed by atoms with Crippen molar-refractivity contribution in [2.45, 2.75) is 58.4 Å². The number of carbonyl (C=O) groups excluding carboxylic acids is 2. The first kappa shape index (κ1) is 13.2. The number of rotatable bonds is 4. The molecule has 3 heteroatoms. The molecule has 0 saturated heterocycles. The second-order valence-electron chi connectivity index (χ2n) is 4.99.